The quantitative estimate of drug-likeness (QED) is 0.844. The lowest BCUT2D eigenvalue weighted by Crippen LogP contribution is -1.98. The number of hydrogen-bond acceptors (Lipinski definition) is 2. The van der Waals surface area contributed by atoms with Crippen molar-refractivity contribution in [1.29, 1.82) is 5.26 Å². The summed E-state index contributed by atoms with van der Waals surface area (Å²) in [6, 6.07) is 6.47. The fourth-order valence-corrected chi connectivity index (χ4v) is 2.88. The second kappa shape index (κ2) is 5.18. The van der Waals surface area contributed by atoms with Gasteiger partial charge in [0.25, 0.3) is 0 Å². The standard InChI is InChI=1S/C15H16BrN3/c1-9-7-10(2)13(11(3)8-9)15-18-12(5-6-17)14(16)19(15)4/h7-8H,5H2,1-4H3. The Kier molecular flexibility index (Phi) is 3.77. The molecule has 0 bridgehead atoms. The van der Waals surface area contributed by atoms with Crippen LogP contribution in [-0.2, 0) is 13.5 Å². The maximum absolute atomic E-state index is 8.84. The highest BCUT2D eigenvalue weighted by molar-refractivity contribution is 9.10. The summed E-state index contributed by atoms with van der Waals surface area (Å²) in [4.78, 5) is 4.61. The smallest absolute Gasteiger partial charge is 0.141 e. The van der Waals surface area contributed by atoms with Crippen molar-refractivity contribution in [3.8, 4) is 17.5 Å². The molecule has 0 aliphatic rings. The Morgan fingerprint density at radius 2 is 1.84 bits per heavy atom. The minimum absolute atomic E-state index is 0.318. The zero-order chi connectivity index (χ0) is 14.2. The summed E-state index contributed by atoms with van der Waals surface area (Å²) in [6.45, 7) is 6.29. The van der Waals surface area contributed by atoms with Crippen molar-refractivity contribution in [2.45, 2.75) is 27.2 Å². The number of imidazole rings is 1. The van der Waals surface area contributed by atoms with Crippen LogP contribution in [0.15, 0.2) is 16.7 Å². The first-order chi connectivity index (χ1) is 8.95. The van der Waals surface area contributed by atoms with Crippen molar-refractivity contribution < 1.29 is 0 Å². The van der Waals surface area contributed by atoms with Gasteiger partial charge in [0, 0.05) is 12.6 Å². The van der Waals surface area contributed by atoms with Crippen molar-refractivity contribution in [2.75, 3.05) is 0 Å². The number of rotatable bonds is 2. The Labute approximate surface area is 122 Å². The first-order valence-corrected chi connectivity index (χ1v) is 6.91. The van der Waals surface area contributed by atoms with Crippen molar-refractivity contribution in [3.05, 3.63) is 39.1 Å². The van der Waals surface area contributed by atoms with Crippen LogP contribution in [0.25, 0.3) is 11.4 Å². The average molecular weight is 318 g/mol. The number of nitrogens with zero attached hydrogens (tertiary/aromatic N) is 3. The topological polar surface area (TPSA) is 41.6 Å². The molecule has 98 valence electrons. The molecule has 0 spiro atoms. The molecule has 1 aromatic heterocycles. The van der Waals surface area contributed by atoms with Crippen LogP contribution in [0.4, 0.5) is 0 Å². The van der Waals surface area contributed by atoms with Crippen molar-refractivity contribution in [3.63, 3.8) is 0 Å². The normalized spacial score (nSPS) is 10.5. The maximum atomic E-state index is 8.84. The van der Waals surface area contributed by atoms with Gasteiger partial charge in [0.15, 0.2) is 0 Å². The van der Waals surface area contributed by atoms with E-state index in [1.165, 1.54) is 16.7 Å². The van der Waals surface area contributed by atoms with Gasteiger partial charge in [-0.2, -0.15) is 5.26 Å². The predicted octanol–water partition coefficient (Wildman–Crippen LogP) is 3.84. The molecule has 19 heavy (non-hydrogen) atoms. The summed E-state index contributed by atoms with van der Waals surface area (Å²) in [5.74, 6) is 0.909. The van der Waals surface area contributed by atoms with Gasteiger partial charge in [0.1, 0.15) is 10.4 Å². The monoisotopic (exact) mass is 317 g/mol. The summed E-state index contributed by atoms with van der Waals surface area (Å²) in [7, 11) is 1.96. The molecule has 2 aromatic rings. The van der Waals surface area contributed by atoms with Gasteiger partial charge in [0.2, 0.25) is 0 Å². The van der Waals surface area contributed by atoms with E-state index >= 15 is 0 Å². The van der Waals surface area contributed by atoms with Crippen LogP contribution in [0.1, 0.15) is 22.4 Å². The van der Waals surface area contributed by atoms with Gasteiger partial charge in [0.05, 0.1) is 18.2 Å². The number of nitriles is 1. The third-order valence-electron chi connectivity index (χ3n) is 3.24. The number of aromatic nitrogens is 2. The summed E-state index contributed by atoms with van der Waals surface area (Å²) in [5, 5.41) is 8.84. The summed E-state index contributed by atoms with van der Waals surface area (Å²) < 4.78 is 2.88. The molecule has 0 N–H and O–H groups in total. The van der Waals surface area contributed by atoms with Gasteiger partial charge in [-0.15, -0.1) is 0 Å². The molecular weight excluding hydrogens is 302 g/mol. The van der Waals surface area contributed by atoms with E-state index in [1.54, 1.807) is 0 Å². The Morgan fingerprint density at radius 1 is 1.26 bits per heavy atom. The molecule has 0 aliphatic heterocycles. The number of aryl methyl sites for hydroxylation is 3. The van der Waals surface area contributed by atoms with E-state index in [0.717, 1.165) is 21.7 Å². The zero-order valence-electron chi connectivity index (χ0n) is 11.6. The van der Waals surface area contributed by atoms with Crippen LogP contribution in [-0.4, -0.2) is 9.55 Å². The second-order valence-electron chi connectivity index (χ2n) is 4.84. The van der Waals surface area contributed by atoms with Crippen LogP contribution < -0.4 is 0 Å². The molecule has 0 aliphatic carbocycles. The molecule has 1 heterocycles. The minimum Gasteiger partial charge on any atom is -0.322 e. The Bertz CT molecular complexity index is 654. The molecule has 0 amide bonds. The largest absolute Gasteiger partial charge is 0.322 e. The molecule has 0 unspecified atom stereocenters. The van der Waals surface area contributed by atoms with E-state index in [2.05, 4.69) is 59.9 Å². The van der Waals surface area contributed by atoms with Crippen LogP contribution in [0, 0.1) is 32.1 Å². The van der Waals surface area contributed by atoms with Crippen molar-refractivity contribution >= 4 is 15.9 Å². The van der Waals surface area contributed by atoms with E-state index in [1.807, 2.05) is 11.6 Å². The van der Waals surface area contributed by atoms with E-state index in [9.17, 15) is 0 Å². The van der Waals surface area contributed by atoms with Gasteiger partial charge in [-0.05, 0) is 47.8 Å². The lowest BCUT2D eigenvalue weighted by Gasteiger charge is -2.11. The summed E-state index contributed by atoms with van der Waals surface area (Å²) in [6.07, 6.45) is 0.318. The molecule has 0 atom stereocenters. The van der Waals surface area contributed by atoms with Crippen molar-refractivity contribution in [2.24, 2.45) is 7.05 Å². The lowest BCUT2D eigenvalue weighted by atomic mass is 9.99. The minimum atomic E-state index is 0.318. The Morgan fingerprint density at radius 3 is 2.37 bits per heavy atom. The van der Waals surface area contributed by atoms with Crippen LogP contribution >= 0.6 is 15.9 Å². The predicted molar refractivity (Wildman–Crippen MR) is 79.9 cm³/mol. The van der Waals surface area contributed by atoms with E-state index in [0.29, 0.717) is 6.42 Å². The molecule has 4 heteroatoms. The molecule has 0 saturated heterocycles. The second-order valence-corrected chi connectivity index (χ2v) is 5.59. The van der Waals surface area contributed by atoms with Gasteiger partial charge in [-0.25, -0.2) is 4.98 Å². The molecule has 2 rings (SSSR count). The van der Waals surface area contributed by atoms with Crippen LogP contribution in [0.3, 0.4) is 0 Å². The number of hydrogen-bond donors (Lipinski definition) is 0. The van der Waals surface area contributed by atoms with E-state index in [-0.39, 0.29) is 0 Å². The molecular formula is C15H16BrN3. The van der Waals surface area contributed by atoms with Gasteiger partial charge in [-0.3, -0.25) is 0 Å². The number of halogens is 1. The summed E-state index contributed by atoms with van der Waals surface area (Å²) in [5.41, 5.74) is 5.62. The molecule has 0 saturated carbocycles. The lowest BCUT2D eigenvalue weighted by molar-refractivity contribution is 0.895. The van der Waals surface area contributed by atoms with Crippen molar-refractivity contribution in [1.82, 2.24) is 9.55 Å². The maximum Gasteiger partial charge on any atom is 0.141 e. The molecule has 0 fully saturated rings. The highest BCUT2D eigenvalue weighted by atomic mass is 79.9. The Hall–Kier alpha value is -1.60. The fourth-order valence-electron chi connectivity index (χ4n) is 2.48. The van der Waals surface area contributed by atoms with Gasteiger partial charge in [-0.1, -0.05) is 17.7 Å². The Balaban J connectivity index is 2.67. The molecule has 0 radical (unpaired) electrons. The van der Waals surface area contributed by atoms with E-state index < -0.39 is 0 Å². The molecule has 1 aromatic carbocycles. The highest BCUT2D eigenvalue weighted by Gasteiger charge is 2.17. The average Bonchev–Trinajstić information content (AvgIpc) is 2.57. The first kappa shape index (κ1) is 13.8. The molecule has 3 nitrogen and oxygen atoms in total. The number of benzene rings is 1. The van der Waals surface area contributed by atoms with E-state index in [4.69, 9.17) is 5.26 Å². The van der Waals surface area contributed by atoms with Crippen LogP contribution in [0.5, 0.6) is 0 Å². The highest BCUT2D eigenvalue weighted by Crippen LogP contribution is 2.30. The van der Waals surface area contributed by atoms with Gasteiger partial charge >= 0.3 is 0 Å². The zero-order valence-corrected chi connectivity index (χ0v) is 13.2. The van der Waals surface area contributed by atoms with Crippen LogP contribution in [0.2, 0.25) is 0 Å². The first-order valence-electron chi connectivity index (χ1n) is 6.12. The SMILES string of the molecule is Cc1cc(C)c(-c2nc(CC#N)c(Br)n2C)c(C)c1. The summed E-state index contributed by atoms with van der Waals surface area (Å²) >= 11 is 3.51. The van der Waals surface area contributed by atoms with Gasteiger partial charge < -0.3 is 4.57 Å². The third kappa shape index (κ3) is 2.43. The third-order valence-corrected chi connectivity index (χ3v) is 4.23. The fraction of sp³-hybridized carbons (Fsp3) is 0.333.